The van der Waals surface area contributed by atoms with Gasteiger partial charge in [-0.15, -0.1) is 0 Å². The molecule has 0 amide bonds. The van der Waals surface area contributed by atoms with Crippen LogP contribution in [-0.2, 0) is 0 Å². The molecule has 0 aliphatic rings. The van der Waals surface area contributed by atoms with Gasteiger partial charge in [-0.25, -0.2) is 0 Å². The fraction of sp³-hybridized carbons (Fsp3) is 1.00. The molecule has 12 heavy (non-hydrogen) atoms. The first kappa shape index (κ1) is 12.3. The van der Waals surface area contributed by atoms with Crippen LogP contribution in [0.15, 0.2) is 0 Å². The van der Waals surface area contributed by atoms with Gasteiger partial charge in [0.2, 0.25) is 0 Å². The van der Waals surface area contributed by atoms with E-state index in [9.17, 15) is 0 Å². The topological polar surface area (TPSA) is 0 Å². The Hall–Kier alpha value is 0.350. The second-order valence-electron chi connectivity index (χ2n) is 4.22. The molecular formula is C11H24S. The summed E-state index contributed by atoms with van der Waals surface area (Å²) in [7, 11) is 0. The highest BCUT2D eigenvalue weighted by atomic mass is 32.1. The third kappa shape index (κ3) is 3.84. The molecule has 0 bridgehead atoms. The molecule has 0 N–H and O–H groups in total. The van der Waals surface area contributed by atoms with Gasteiger partial charge in [0.1, 0.15) is 0 Å². The van der Waals surface area contributed by atoms with Gasteiger partial charge in [-0.1, -0.05) is 47.5 Å². The van der Waals surface area contributed by atoms with Crippen LogP contribution in [0.2, 0.25) is 0 Å². The first-order valence-corrected chi connectivity index (χ1v) is 5.70. The van der Waals surface area contributed by atoms with E-state index in [-0.39, 0.29) is 0 Å². The smallest absolute Gasteiger partial charge is 0.00167 e. The van der Waals surface area contributed by atoms with Crippen molar-refractivity contribution in [3.8, 4) is 0 Å². The predicted molar refractivity (Wildman–Crippen MR) is 60.8 cm³/mol. The summed E-state index contributed by atoms with van der Waals surface area (Å²) in [6, 6.07) is 0. The lowest BCUT2D eigenvalue weighted by molar-refractivity contribution is 0.264. The van der Waals surface area contributed by atoms with Crippen LogP contribution in [0, 0.1) is 17.8 Å². The Balaban J connectivity index is 3.90. The fourth-order valence-electron chi connectivity index (χ4n) is 1.68. The van der Waals surface area contributed by atoms with Gasteiger partial charge in [0.05, 0.1) is 0 Å². The summed E-state index contributed by atoms with van der Waals surface area (Å²) in [5, 5.41) is 0.527. The minimum Gasteiger partial charge on any atom is -0.176 e. The van der Waals surface area contributed by atoms with Gasteiger partial charge in [-0.3, -0.25) is 0 Å². The summed E-state index contributed by atoms with van der Waals surface area (Å²) in [6.07, 6.45) is 2.66. The van der Waals surface area contributed by atoms with Crippen LogP contribution in [0.5, 0.6) is 0 Å². The molecule has 0 radical (unpaired) electrons. The zero-order valence-corrected chi connectivity index (χ0v) is 10.1. The third-order valence-electron chi connectivity index (χ3n) is 3.23. The van der Waals surface area contributed by atoms with Crippen molar-refractivity contribution in [2.24, 2.45) is 17.8 Å². The van der Waals surface area contributed by atoms with Crippen LogP contribution >= 0.6 is 12.6 Å². The second kappa shape index (κ2) is 5.90. The maximum Gasteiger partial charge on any atom is 0.00167 e. The first-order valence-electron chi connectivity index (χ1n) is 5.18. The van der Waals surface area contributed by atoms with E-state index in [2.05, 4.69) is 47.2 Å². The lowest BCUT2D eigenvalue weighted by Gasteiger charge is -2.28. The van der Waals surface area contributed by atoms with Crippen LogP contribution in [0.1, 0.15) is 47.5 Å². The summed E-state index contributed by atoms with van der Waals surface area (Å²) >= 11 is 4.50. The van der Waals surface area contributed by atoms with E-state index in [4.69, 9.17) is 0 Å². The van der Waals surface area contributed by atoms with E-state index < -0.39 is 0 Å². The van der Waals surface area contributed by atoms with E-state index in [1.807, 2.05) is 0 Å². The maximum atomic E-state index is 4.50. The van der Waals surface area contributed by atoms with Crippen molar-refractivity contribution in [3.63, 3.8) is 0 Å². The molecule has 3 unspecified atom stereocenters. The average molecular weight is 188 g/mol. The Labute approximate surface area is 83.5 Å². The van der Waals surface area contributed by atoms with E-state index >= 15 is 0 Å². The Morgan fingerprint density at radius 3 is 1.83 bits per heavy atom. The largest absolute Gasteiger partial charge is 0.176 e. The van der Waals surface area contributed by atoms with Crippen LogP contribution < -0.4 is 0 Å². The lowest BCUT2D eigenvalue weighted by atomic mass is 9.81. The Morgan fingerprint density at radius 2 is 1.50 bits per heavy atom. The van der Waals surface area contributed by atoms with Crippen molar-refractivity contribution in [1.82, 2.24) is 0 Å². The first-order chi connectivity index (χ1) is 5.50. The summed E-state index contributed by atoms with van der Waals surface area (Å²) in [6.45, 7) is 11.5. The van der Waals surface area contributed by atoms with Crippen molar-refractivity contribution in [1.29, 1.82) is 0 Å². The second-order valence-corrected chi connectivity index (χ2v) is 5.04. The SMILES string of the molecule is CCCC(C)[C@H](C)C(C)C(C)S. The standard InChI is InChI=1S/C11H24S/c1-6-7-8(2)9(3)10(4)11(5)12/h8-12H,6-7H2,1-5H3/t8?,9-,10?,11?/m0/s1. The maximum absolute atomic E-state index is 4.50. The van der Waals surface area contributed by atoms with Gasteiger partial charge in [-0.2, -0.15) is 12.6 Å². The van der Waals surface area contributed by atoms with Crippen molar-refractivity contribution in [3.05, 3.63) is 0 Å². The minimum atomic E-state index is 0.527. The molecule has 0 aromatic rings. The quantitative estimate of drug-likeness (QED) is 0.619. The van der Waals surface area contributed by atoms with Gasteiger partial charge in [0.25, 0.3) is 0 Å². The van der Waals surface area contributed by atoms with Crippen molar-refractivity contribution >= 4 is 12.6 Å². The molecule has 0 saturated heterocycles. The molecule has 0 aromatic heterocycles. The van der Waals surface area contributed by atoms with Crippen LogP contribution in [0.3, 0.4) is 0 Å². The monoisotopic (exact) mass is 188 g/mol. The number of hydrogen-bond acceptors (Lipinski definition) is 1. The van der Waals surface area contributed by atoms with E-state index in [0.29, 0.717) is 5.25 Å². The normalized spacial score (nSPS) is 21.5. The molecule has 0 spiro atoms. The van der Waals surface area contributed by atoms with Gasteiger partial charge < -0.3 is 0 Å². The van der Waals surface area contributed by atoms with E-state index in [1.54, 1.807) is 0 Å². The summed E-state index contributed by atoms with van der Waals surface area (Å²) in [5.41, 5.74) is 0. The molecule has 1 heteroatoms. The summed E-state index contributed by atoms with van der Waals surface area (Å²) < 4.78 is 0. The Morgan fingerprint density at radius 1 is 1.00 bits per heavy atom. The molecule has 74 valence electrons. The Kier molecular flexibility index (Phi) is 6.08. The molecule has 0 saturated carbocycles. The van der Waals surface area contributed by atoms with Gasteiger partial charge in [-0.05, 0) is 17.8 Å². The Bertz CT molecular complexity index is 110. The average Bonchev–Trinajstić information content (AvgIpc) is 2.02. The zero-order valence-electron chi connectivity index (χ0n) is 9.17. The van der Waals surface area contributed by atoms with E-state index in [0.717, 1.165) is 17.8 Å². The number of thiol groups is 1. The molecule has 0 fully saturated rings. The number of rotatable bonds is 5. The van der Waals surface area contributed by atoms with Gasteiger partial charge >= 0.3 is 0 Å². The van der Waals surface area contributed by atoms with Gasteiger partial charge in [0, 0.05) is 5.25 Å². The minimum absolute atomic E-state index is 0.527. The highest BCUT2D eigenvalue weighted by molar-refractivity contribution is 7.80. The molecule has 0 heterocycles. The molecule has 0 aliphatic carbocycles. The van der Waals surface area contributed by atoms with Crippen molar-refractivity contribution in [2.45, 2.75) is 52.7 Å². The molecule has 0 aliphatic heterocycles. The molecule has 0 nitrogen and oxygen atoms in total. The van der Waals surface area contributed by atoms with Crippen molar-refractivity contribution < 1.29 is 0 Å². The third-order valence-corrected chi connectivity index (χ3v) is 3.70. The predicted octanol–water partition coefficient (Wildman–Crippen LogP) is 4.01. The van der Waals surface area contributed by atoms with Crippen LogP contribution in [0.25, 0.3) is 0 Å². The molecular weight excluding hydrogens is 164 g/mol. The molecule has 0 rings (SSSR count). The fourth-order valence-corrected chi connectivity index (χ4v) is 1.95. The van der Waals surface area contributed by atoms with Gasteiger partial charge in [0.15, 0.2) is 0 Å². The molecule has 4 atom stereocenters. The summed E-state index contributed by atoms with van der Waals surface area (Å²) in [4.78, 5) is 0. The van der Waals surface area contributed by atoms with E-state index in [1.165, 1.54) is 12.8 Å². The zero-order chi connectivity index (χ0) is 9.72. The highest BCUT2D eigenvalue weighted by Crippen LogP contribution is 2.28. The summed E-state index contributed by atoms with van der Waals surface area (Å²) in [5.74, 6) is 2.38. The van der Waals surface area contributed by atoms with Crippen LogP contribution in [0.4, 0.5) is 0 Å². The van der Waals surface area contributed by atoms with Crippen LogP contribution in [-0.4, -0.2) is 5.25 Å². The lowest BCUT2D eigenvalue weighted by Crippen LogP contribution is -2.22. The van der Waals surface area contributed by atoms with Crippen molar-refractivity contribution in [2.75, 3.05) is 0 Å². The number of hydrogen-bond donors (Lipinski definition) is 1. The highest BCUT2D eigenvalue weighted by Gasteiger charge is 2.20. The molecule has 0 aromatic carbocycles.